The molecule has 2 aromatic carbocycles. The van der Waals surface area contributed by atoms with E-state index in [-0.39, 0.29) is 28.3 Å². The maximum Gasteiger partial charge on any atom is 0.311 e. The first-order valence-electron chi connectivity index (χ1n) is 9.88. The van der Waals surface area contributed by atoms with Crippen molar-refractivity contribution in [2.75, 3.05) is 5.01 Å². The Kier molecular flexibility index (Phi) is 5.33. The molecule has 2 aliphatic heterocycles. The number of rotatable bonds is 7. The molecule has 0 fully saturated rings. The van der Waals surface area contributed by atoms with Gasteiger partial charge in [-0.3, -0.25) is 15.1 Å². The van der Waals surface area contributed by atoms with Crippen LogP contribution in [-0.2, 0) is 13.0 Å². The van der Waals surface area contributed by atoms with Crippen LogP contribution < -0.4 is 9.75 Å². The van der Waals surface area contributed by atoms with Crippen LogP contribution in [0.15, 0.2) is 64.1 Å². The van der Waals surface area contributed by atoms with E-state index in [4.69, 9.17) is 4.74 Å². The van der Waals surface area contributed by atoms with E-state index in [0.29, 0.717) is 0 Å². The lowest BCUT2D eigenvalue weighted by Gasteiger charge is -2.26. The maximum atomic E-state index is 11.8. The molecule has 31 heavy (non-hydrogen) atoms. The molecule has 0 N–H and O–H groups in total. The van der Waals surface area contributed by atoms with Crippen LogP contribution in [0.1, 0.15) is 35.7 Å². The van der Waals surface area contributed by atoms with Gasteiger partial charge in [0.1, 0.15) is 17.0 Å². The minimum atomic E-state index is -0.386. The van der Waals surface area contributed by atoms with Gasteiger partial charge in [-0.2, -0.15) is 0 Å². The van der Waals surface area contributed by atoms with Gasteiger partial charge in [-0.05, 0) is 35.4 Å². The Morgan fingerprint density at radius 1 is 1.19 bits per heavy atom. The van der Waals surface area contributed by atoms with Crippen LogP contribution >= 0.6 is 23.5 Å². The van der Waals surface area contributed by atoms with Gasteiger partial charge in [-0.25, -0.2) is 4.68 Å². The van der Waals surface area contributed by atoms with E-state index >= 15 is 0 Å². The second-order valence-electron chi connectivity index (χ2n) is 7.11. The third-order valence-electron chi connectivity index (χ3n) is 5.01. The zero-order chi connectivity index (χ0) is 21.4. The molecule has 0 aliphatic carbocycles. The number of nitro benzene ring substituents is 1. The molecule has 0 saturated carbocycles. The minimum absolute atomic E-state index is 0.0351. The Morgan fingerprint density at radius 2 is 2.03 bits per heavy atom. The van der Waals surface area contributed by atoms with E-state index in [9.17, 15) is 10.1 Å². The summed E-state index contributed by atoms with van der Waals surface area (Å²) in [4.78, 5) is 11.4. The van der Waals surface area contributed by atoms with E-state index in [0.717, 1.165) is 40.0 Å². The minimum Gasteiger partial charge on any atom is -0.482 e. The summed E-state index contributed by atoms with van der Waals surface area (Å²) in [5.74, 6) is 1.17. The highest BCUT2D eigenvalue weighted by Gasteiger charge is 2.40. The van der Waals surface area contributed by atoms with Gasteiger partial charge in [0, 0.05) is 17.9 Å². The Labute approximate surface area is 187 Å². The Morgan fingerprint density at radius 3 is 2.81 bits per heavy atom. The number of nitro groups is 1. The third-order valence-corrected chi connectivity index (χ3v) is 7.20. The summed E-state index contributed by atoms with van der Waals surface area (Å²) in [5, 5.41) is 26.4. The highest BCUT2D eigenvalue weighted by molar-refractivity contribution is 8.07. The van der Waals surface area contributed by atoms with E-state index in [1.54, 1.807) is 35.7 Å². The van der Waals surface area contributed by atoms with Crippen LogP contribution in [0.4, 0.5) is 5.69 Å². The largest absolute Gasteiger partial charge is 0.482 e. The van der Waals surface area contributed by atoms with Gasteiger partial charge >= 0.3 is 5.69 Å². The topological polar surface area (TPSA) is 86.3 Å². The number of fused-ring (bicyclic) bond motifs is 3. The number of hydrogen-bond donors (Lipinski definition) is 0. The van der Waals surface area contributed by atoms with Gasteiger partial charge in [0.2, 0.25) is 5.16 Å². The maximum absolute atomic E-state index is 11.8. The van der Waals surface area contributed by atoms with Crippen molar-refractivity contribution in [1.82, 2.24) is 14.9 Å². The zero-order valence-corrected chi connectivity index (χ0v) is 18.3. The fourth-order valence-electron chi connectivity index (χ4n) is 3.58. The van der Waals surface area contributed by atoms with Crippen molar-refractivity contribution in [2.45, 2.75) is 36.9 Å². The highest BCUT2D eigenvalue weighted by atomic mass is 32.2. The molecule has 1 aromatic heterocycles. The molecule has 3 aromatic rings. The van der Waals surface area contributed by atoms with Crippen molar-refractivity contribution in [3.8, 4) is 5.75 Å². The number of ether oxygens (including phenoxy) is 1. The van der Waals surface area contributed by atoms with Gasteiger partial charge in [-0.15, -0.1) is 10.2 Å². The molecule has 158 valence electrons. The number of aryl methyl sites for hydroxylation is 1. The van der Waals surface area contributed by atoms with Crippen LogP contribution in [-0.4, -0.2) is 19.8 Å². The summed E-state index contributed by atoms with van der Waals surface area (Å²) in [7, 11) is 0. The SMILES string of the molecule is CCCc1nnc2n1N1C(=CSC1c1ccc(OCc3ccccc3)c([N+](=O)[O-])c1)S2. The fourth-order valence-corrected chi connectivity index (χ4v) is 5.82. The van der Waals surface area contributed by atoms with E-state index in [1.807, 2.05) is 41.1 Å². The molecule has 1 atom stereocenters. The Bertz CT molecular complexity index is 1170. The smallest absolute Gasteiger partial charge is 0.311 e. The predicted octanol–water partition coefficient (Wildman–Crippen LogP) is 5.01. The van der Waals surface area contributed by atoms with Gasteiger partial charge < -0.3 is 4.74 Å². The highest BCUT2D eigenvalue weighted by Crippen LogP contribution is 2.51. The third kappa shape index (κ3) is 3.66. The second-order valence-corrected chi connectivity index (χ2v) is 9.05. The zero-order valence-electron chi connectivity index (χ0n) is 16.7. The van der Waals surface area contributed by atoms with E-state index < -0.39 is 0 Å². The lowest BCUT2D eigenvalue weighted by Crippen LogP contribution is -2.30. The monoisotopic (exact) mass is 453 g/mol. The molecule has 8 nitrogen and oxygen atoms in total. The van der Waals surface area contributed by atoms with E-state index in [1.165, 1.54) is 0 Å². The van der Waals surface area contributed by atoms with Gasteiger partial charge in [0.05, 0.1) is 4.92 Å². The van der Waals surface area contributed by atoms with Crippen molar-refractivity contribution in [1.29, 1.82) is 0 Å². The standard InChI is InChI=1S/C21H19N5O3S2/c1-2-6-18-22-23-21-24(18)25-19(31-21)13-30-20(25)15-9-10-17(16(11-15)26(27)28)29-12-14-7-4-3-5-8-14/h3-5,7-11,13,20H,2,6,12H2,1H3. The molecule has 3 heterocycles. The molecule has 2 aliphatic rings. The average Bonchev–Trinajstić information content (AvgIpc) is 3.45. The first-order chi connectivity index (χ1) is 15.2. The molecule has 0 radical (unpaired) electrons. The number of aromatic nitrogens is 3. The Hall–Kier alpha value is -2.98. The molecule has 0 spiro atoms. The summed E-state index contributed by atoms with van der Waals surface area (Å²) in [6.45, 7) is 2.38. The number of hydrogen-bond acceptors (Lipinski definition) is 8. The van der Waals surface area contributed by atoms with Crippen LogP contribution in [0.3, 0.4) is 0 Å². The fraction of sp³-hybridized carbons (Fsp3) is 0.238. The van der Waals surface area contributed by atoms with Crippen molar-refractivity contribution in [3.63, 3.8) is 0 Å². The molecule has 5 rings (SSSR count). The average molecular weight is 454 g/mol. The van der Waals surface area contributed by atoms with Crippen LogP contribution in [0, 0.1) is 10.1 Å². The number of benzene rings is 2. The molecule has 0 bridgehead atoms. The van der Waals surface area contributed by atoms with Crippen molar-refractivity contribution < 1.29 is 9.66 Å². The summed E-state index contributed by atoms with van der Waals surface area (Å²) in [5.41, 5.74) is 1.76. The predicted molar refractivity (Wildman–Crippen MR) is 120 cm³/mol. The number of thioether (sulfide) groups is 2. The summed E-state index contributed by atoms with van der Waals surface area (Å²) >= 11 is 3.19. The lowest BCUT2D eigenvalue weighted by atomic mass is 10.1. The van der Waals surface area contributed by atoms with E-state index in [2.05, 4.69) is 27.5 Å². The normalized spacial score (nSPS) is 16.7. The molecule has 0 amide bonds. The summed E-state index contributed by atoms with van der Waals surface area (Å²) < 4.78 is 7.82. The Balaban J connectivity index is 1.43. The van der Waals surface area contributed by atoms with Crippen molar-refractivity contribution in [2.24, 2.45) is 0 Å². The molecular formula is C21H19N5O3S2. The summed E-state index contributed by atoms with van der Waals surface area (Å²) in [6.07, 6.45) is 1.79. The number of nitrogens with zero attached hydrogens (tertiary/aromatic N) is 5. The van der Waals surface area contributed by atoms with Crippen LogP contribution in [0.2, 0.25) is 0 Å². The van der Waals surface area contributed by atoms with Crippen LogP contribution in [0.5, 0.6) is 5.75 Å². The molecule has 10 heteroatoms. The van der Waals surface area contributed by atoms with Gasteiger partial charge in [0.25, 0.3) is 0 Å². The van der Waals surface area contributed by atoms with Crippen molar-refractivity contribution in [3.05, 3.63) is 86.0 Å². The second kappa shape index (κ2) is 8.27. The lowest BCUT2D eigenvalue weighted by molar-refractivity contribution is -0.386. The molecular weight excluding hydrogens is 434 g/mol. The van der Waals surface area contributed by atoms with Crippen molar-refractivity contribution >= 4 is 29.2 Å². The van der Waals surface area contributed by atoms with Crippen LogP contribution in [0.25, 0.3) is 0 Å². The van der Waals surface area contributed by atoms with Gasteiger partial charge in [-0.1, -0.05) is 55.1 Å². The van der Waals surface area contributed by atoms with Gasteiger partial charge in [0.15, 0.2) is 11.6 Å². The first kappa shape index (κ1) is 20.0. The summed E-state index contributed by atoms with van der Waals surface area (Å²) in [6, 6.07) is 14.8. The first-order valence-corrected chi connectivity index (χ1v) is 11.6. The quantitative estimate of drug-likeness (QED) is 0.365. The molecule has 0 saturated heterocycles. The molecule has 1 unspecified atom stereocenters.